The zero-order chi connectivity index (χ0) is 19.8. The number of carboxylic acid groups (broad SMARTS) is 1. The lowest BCUT2D eigenvalue weighted by atomic mass is 10.1. The van der Waals surface area contributed by atoms with Gasteiger partial charge in [-0.25, -0.2) is 9.88 Å². The molecular formula is C16H12F3N3O4S. The van der Waals surface area contributed by atoms with E-state index in [0.717, 1.165) is 22.3 Å². The molecule has 2 N–H and O–H groups in total. The minimum Gasteiger partial charge on any atom is -0.481 e. The first-order valence-electron chi connectivity index (χ1n) is 7.62. The van der Waals surface area contributed by atoms with Gasteiger partial charge in [-0.05, 0) is 12.1 Å². The Balaban J connectivity index is 1.81. The molecule has 1 aromatic carbocycles. The molecule has 1 aliphatic heterocycles. The highest BCUT2D eigenvalue weighted by Gasteiger charge is 2.42. The van der Waals surface area contributed by atoms with Gasteiger partial charge in [-0.15, -0.1) is 11.3 Å². The number of halogens is 3. The number of carbonyl (C=O) groups is 3. The lowest BCUT2D eigenvalue weighted by Gasteiger charge is -2.17. The molecular weight excluding hydrogens is 387 g/mol. The van der Waals surface area contributed by atoms with Crippen molar-refractivity contribution in [3.63, 3.8) is 0 Å². The van der Waals surface area contributed by atoms with Crippen LogP contribution in [0.25, 0.3) is 0 Å². The SMILES string of the molecule is O=C(O)Cc1csc(N2C(=O)CC(Nc3ccccc3C(F)(F)F)C2=O)n1. The van der Waals surface area contributed by atoms with E-state index < -0.39 is 35.6 Å². The fraction of sp³-hybridized carbons (Fsp3) is 0.250. The third-order valence-electron chi connectivity index (χ3n) is 3.77. The van der Waals surface area contributed by atoms with E-state index in [1.165, 1.54) is 23.6 Å². The predicted octanol–water partition coefficient (Wildman–Crippen LogP) is 2.53. The highest BCUT2D eigenvalue weighted by atomic mass is 32.1. The minimum atomic E-state index is -4.62. The lowest BCUT2D eigenvalue weighted by Crippen LogP contribution is -2.35. The number of amides is 2. The van der Waals surface area contributed by atoms with Gasteiger partial charge in [0.1, 0.15) is 6.04 Å². The molecule has 2 heterocycles. The van der Waals surface area contributed by atoms with Crippen LogP contribution in [-0.4, -0.2) is 33.9 Å². The normalized spacial score (nSPS) is 17.4. The van der Waals surface area contributed by atoms with Gasteiger partial charge in [0.25, 0.3) is 5.91 Å². The van der Waals surface area contributed by atoms with Crippen LogP contribution >= 0.6 is 11.3 Å². The van der Waals surface area contributed by atoms with E-state index >= 15 is 0 Å². The van der Waals surface area contributed by atoms with Gasteiger partial charge in [0.15, 0.2) is 5.13 Å². The Labute approximate surface area is 154 Å². The van der Waals surface area contributed by atoms with Gasteiger partial charge in [-0.1, -0.05) is 12.1 Å². The fourth-order valence-electron chi connectivity index (χ4n) is 2.62. The van der Waals surface area contributed by atoms with E-state index in [4.69, 9.17) is 5.11 Å². The smallest absolute Gasteiger partial charge is 0.418 e. The van der Waals surface area contributed by atoms with Gasteiger partial charge in [0.05, 0.1) is 24.1 Å². The van der Waals surface area contributed by atoms with Crippen molar-refractivity contribution in [2.45, 2.75) is 25.1 Å². The first-order chi connectivity index (χ1) is 12.7. The van der Waals surface area contributed by atoms with Crippen molar-refractivity contribution in [2.24, 2.45) is 0 Å². The molecule has 11 heteroatoms. The first-order valence-corrected chi connectivity index (χ1v) is 8.50. The van der Waals surface area contributed by atoms with Gasteiger partial charge in [-0.2, -0.15) is 13.2 Å². The minimum absolute atomic E-state index is 0.00495. The summed E-state index contributed by atoms with van der Waals surface area (Å²) in [7, 11) is 0. The average molecular weight is 399 g/mol. The second-order valence-electron chi connectivity index (χ2n) is 5.70. The van der Waals surface area contributed by atoms with Crippen LogP contribution in [0.4, 0.5) is 24.0 Å². The number of rotatable bonds is 5. The van der Waals surface area contributed by atoms with Crippen molar-refractivity contribution in [1.82, 2.24) is 4.98 Å². The highest BCUT2D eigenvalue weighted by Crippen LogP contribution is 2.36. The number of imide groups is 1. The van der Waals surface area contributed by atoms with Gasteiger partial charge in [0, 0.05) is 11.1 Å². The Hall–Kier alpha value is -2.95. The molecule has 0 bridgehead atoms. The first kappa shape index (κ1) is 18.8. The van der Waals surface area contributed by atoms with E-state index in [2.05, 4.69) is 10.3 Å². The zero-order valence-electron chi connectivity index (χ0n) is 13.5. The van der Waals surface area contributed by atoms with Crippen molar-refractivity contribution in [1.29, 1.82) is 0 Å². The fourth-order valence-corrected chi connectivity index (χ4v) is 3.47. The molecule has 7 nitrogen and oxygen atoms in total. The number of nitrogens with zero attached hydrogens (tertiary/aromatic N) is 2. The number of anilines is 2. The number of aliphatic carboxylic acids is 1. The quantitative estimate of drug-likeness (QED) is 0.750. The zero-order valence-corrected chi connectivity index (χ0v) is 14.3. The molecule has 0 radical (unpaired) electrons. The number of thiazole rings is 1. The van der Waals surface area contributed by atoms with Gasteiger partial charge < -0.3 is 10.4 Å². The van der Waals surface area contributed by atoms with Crippen LogP contribution in [0.2, 0.25) is 0 Å². The number of alkyl halides is 3. The number of benzene rings is 1. The largest absolute Gasteiger partial charge is 0.481 e. The molecule has 27 heavy (non-hydrogen) atoms. The number of aromatic nitrogens is 1. The summed E-state index contributed by atoms with van der Waals surface area (Å²) in [6.07, 6.45) is -5.32. The van der Waals surface area contributed by atoms with E-state index in [1.807, 2.05) is 0 Å². The molecule has 1 unspecified atom stereocenters. The predicted molar refractivity (Wildman–Crippen MR) is 89.4 cm³/mol. The average Bonchev–Trinajstić information content (AvgIpc) is 3.11. The van der Waals surface area contributed by atoms with Crippen LogP contribution < -0.4 is 10.2 Å². The summed E-state index contributed by atoms with van der Waals surface area (Å²) in [5.41, 5.74) is -1.06. The molecule has 142 valence electrons. The van der Waals surface area contributed by atoms with Crippen molar-refractivity contribution >= 4 is 39.9 Å². The Morgan fingerprint density at radius 2 is 2.04 bits per heavy atom. The maximum atomic E-state index is 13.1. The Bertz CT molecular complexity index is 912. The van der Waals surface area contributed by atoms with Crippen LogP contribution in [0.1, 0.15) is 17.7 Å². The van der Waals surface area contributed by atoms with Crippen molar-refractivity contribution in [3.05, 3.63) is 40.9 Å². The topological polar surface area (TPSA) is 99.6 Å². The van der Waals surface area contributed by atoms with E-state index in [9.17, 15) is 27.6 Å². The molecule has 3 rings (SSSR count). The number of hydrogen-bond donors (Lipinski definition) is 2. The lowest BCUT2D eigenvalue weighted by molar-refractivity contribution is -0.137. The number of hydrogen-bond acceptors (Lipinski definition) is 6. The summed E-state index contributed by atoms with van der Waals surface area (Å²) in [4.78, 5) is 40.1. The van der Waals surface area contributed by atoms with Gasteiger partial charge >= 0.3 is 12.1 Å². The molecule has 1 saturated heterocycles. The molecule has 1 aliphatic rings. The third kappa shape index (κ3) is 3.92. The van der Waals surface area contributed by atoms with Gasteiger partial charge in [-0.3, -0.25) is 14.4 Å². The molecule has 1 fully saturated rings. The van der Waals surface area contributed by atoms with Crippen molar-refractivity contribution in [2.75, 3.05) is 10.2 Å². The maximum Gasteiger partial charge on any atom is 0.418 e. The van der Waals surface area contributed by atoms with Crippen LogP contribution in [0.3, 0.4) is 0 Å². The van der Waals surface area contributed by atoms with Gasteiger partial charge in [0.2, 0.25) is 5.91 Å². The van der Waals surface area contributed by atoms with E-state index in [-0.39, 0.29) is 29.4 Å². The Morgan fingerprint density at radius 3 is 2.70 bits per heavy atom. The monoisotopic (exact) mass is 399 g/mol. The molecule has 1 aromatic heterocycles. The molecule has 0 spiro atoms. The van der Waals surface area contributed by atoms with E-state index in [0.29, 0.717) is 0 Å². The highest BCUT2D eigenvalue weighted by molar-refractivity contribution is 7.14. The number of para-hydroxylation sites is 1. The van der Waals surface area contributed by atoms with Crippen LogP contribution in [0.5, 0.6) is 0 Å². The second-order valence-corrected chi connectivity index (χ2v) is 6.54. The Morgan fingerprint density at radius 1 is 1.33 bits per heavy atom. The van der Waals surface area contributed by atoms with Crippen LogP contribution in [-0.2, 0) is 27.0 Å². The standard InChI is InChI=1S/C16H12F3N3O4S/c17-16(18,19)9-3-1-2-4-10(9)21-11-6-12(23)22(14(11)26)15-20-8(7-27-15)5-13(24)25/h1-4,7,11,21H,5-6H2,(H,24,25). The molecule has 2 amide bonds. The maximum absolute atomic E-state index is 13.1. The molecule has 0 saturated carbocycles. The van der Waals surface area contributed by atoms with Crippen molar-refractivity contribution < 1.29 is 32.7 Å². The molecule has 2 aromatic rings. The second kappa shape index (κ2) is 6.99. The summed E-state index contributed by atoms with van der Waals surface area (Å²) in [6, 6.07) is 3.49. The molecule has 1 atom stereocenters. The molecule has 0 aliphatic carbocycles. The van der Waals surface area contributed by atoms with Crippen LogP contribution in [0, 0.1) is 0 Å². The summed E-state index contributed by atoms with van der Waals surface area (Å²) < 4.78 is 39.3. The van der Waals surface area contributed by atoms with Crippen LogP contribution in [0.15, 0.2) is 29.6 Å². The number of nitrogens with one attached hydrogen (secondary N) is 1. The summed E-state index contributed by atoms with van der Waals surface area (Å²) in [5, 5.41) is 12.6. The van der Waals surface area contributed by atoms with Crippen molar-refractivity contribution in [3.8, 4) is 0 Å². The Kier molecular flexibility index (Phi) is 4.87. The summed E-state index contributed by atoms with van der Waals surface area (Å²) >= 11 is 0.914. The number of carboxylic acids is 1. The summed E-state index contributed by atoms with van der Waals surface area (Å²) in [5.74, 6) is -2.49. The number of carbonyl (C=O) groups excluding carboxylic acids is 2. The summed E-state index contributed by atoms with van der Waals surface area (Å²) in [6.45, 7) is 0. The third-order valence-corrected chi connectivity index (χ3v) is 4.65. The van der Waals surface area contributed by atoms with E-state index in [1.54, 1.807) is 0 Å².